The fourth-order valence-electron chi connectivity index (χ4n) is 2.10. The summed E-state index contributed by atoms with van der Waals surface area (Å²) in [5.41, 5.74) is -0.508. The fraction of sp³-hybridized carbons (Fsp3) is 0.188. The molecule has 0 bridgehead atoms. The van der Waals surface area contributed by atoms with E-state index in [1.165, 1.54) is 4.90 Å². The highest BCUT2D eigenvalue weighted by atomic mass is 16.3. The number of nitrogens with zero attached hydrogens (tertiary/aromatic N) is 1. The molecule has 0 unspecified atom stereocenters. The van der Waals surface area contributed by atoms with Crippen molar-refractivity contribution in [3.8, 4) is 0 Å². The topological polar surface area (TPSA) is 40.5 Å². The van der Waals surface area contributed by atoms with E-state index in [-0.39, 0.29) is 5.91 Å². The standard InChI is InChI=1S/C16H17NO2/c1-17(2)15(18)16(19,13-9-5-3-6-10-13)14-11-7-4-8-12-14/h3-12,19H,1-2H3. The zero-order chi connectivity index (χ0) is 13.9. The predicted molar refractivity (Wildman–Crippen MR) is 74.6 cm³/mol. The first-order valence-electron chi connectivity index (χ1n) is 6.12. The average molecular weight is 255 g/mol. The van der Waals surface area contributed by atoms with E-state index in [0.29, 0.717) is 11.1 Å². The third-order valence-corrected chi connectivity index (χ3v) is 3.10. The molecule has 0 aliphatic heterocycles. The number of rotatable bonds is 3. The van der Waals surface area contributed by atoms with Crippen LogP contribution < -0.4 is 0 Å². The van der Waals surface area contributed by atoms with Gasteiger partial charge in [-0.1, -0.05) is 60.7 Å². The largest absolute Gasteiger partial charge is 0.372 e. The van der Waals surface area contributed by atoms with Crippen LogP contribution in [0, 0.1) is 0 Å². The molecule has 0 aromatic heterocycles. The number of benzene rings is 2. The second kappa shape index (κ2) is 5.24. The second-order valence-corrected chi connectivity index (χ2v) is 4.64. The highest BCUT2D eigenvalue weighted by Gasteiger charge is 2.40. The van der Waals surface area contributed by atoms with Gasteiger partial charge in [0.2, 0.25) is 0 Å². The van der Waals surface area contributed by atoms with Gasteiger partial charge >= 0.3 is 0 Å². The van der Waals surface area contributed by atoms with Crippen molar-refractivity contribution in [2.24, 2.45) is 0 Å². The molecule has 0 spiro atoms. The van der Waals surface area contributed by atoms with Crippen molar-refractivity contribution in [3.05, 3.63) is 71.8 Å². The number of hydrogen-bond acceptors (Lipinski definition) is 2. The Morgan fingerprint density at radius 2 is 1.26 bits per heavy atom. The summed E-state index contributed by atoms with van der Waals surface area (Å²) in [7, 11) is 3.28. The van der Waals surface area contributed by atoms with E-state index in [1.807, 2.05) is 36.4 Å². The molecule has 0 radical (unpaired) electrons. The third kappa shape index (κ3) is 2.37. The molecule has 0 saturated heterocycles. The second-order valence-electron chi connectivity index (χ2n) is 4.64. The number of likely N-dealkylation sites (N-methyl/N-ethyl adjacent to an activating group) is 1. The summed E-state index contributed by atoms with van der Waals surface area (Å²) < 4.78 is 0. The van der Waals surface area contributed by atoms with Crippen LogP contribution in [0.3, 0.4) is 0 Å². The van der Waals surface area contributed by atoms with Gasteiger partial charge in [-0.15, -0.1) is 0 Å². The van der Waals surface area contributed by atoms with Crippen LogP contribution >= 0.6 is 0 Å². The van der Waals surface area contributed by atoms with Crippen LogP contribution in [0.2, 0.25) is 0 Å². The molecule has 1 amide bonds. The Balaban J connectivity index is 2.61. The van der Waals surface area contributed by atoms with E-state index >= 15 is 0 Å². The maximum atomic E-state index is 12.4. The summed E-state index contributed by atoms with van der Waals surface area (Å²) in [5, 5.41) is 11.0. The van der Waals surface area contributed by atoms with Crippen molar-refractivity contribution in [2.75, 3.05) is 14.1 Å². The van der Waals surface area contributed by atoms with Gasteiger partial charge in [-0.2, -0.15) is 0 Å². The van der Waals surface area contributed by atoms with Crippen LogP contribution in [0.15, 0.2) is 60.7 Å². The van der Waals surface area contributed by atoms with E-state index in [9.17, 15) is 9.90 Å². The first-order chi connectivity index (χ1) is 9.06. The summed E-state index contributed by atoms with van der Waals surface area (Å²) in [6.07, 6.45) is 0. The Labute approximate surface area is 113 Å². The Morgan fingerprint density at radius 3 is 1.58 bits per heavy atom. The van der Waals surface area contributed by atoms with Crippen LogP contribution in [0.5, 0.6) is 0 Å². The lowest BCUT2D eigenvalue weighted by Crippen LogP contribution is -2.44. The maximum absolute atomic E-state index is 12.4. The molecule has 1 N–H and O–H groups in total. The first kappa shape index (κ1) is 13.3. The van der Waals surface area contributed by atoms with Gasteiger partial charge in [-0.25, -0.2) is 0 Å². The lowest BCUT2D eigenvalue weighted by molar-refractivity contribution is -0.145. The average Bonchev–Trinajstić information content (AvgIpc) is 2.47. The molecule has 19 heavy (non-hydrogen) atoms. The van der Waals surface area contributed by atoms with Crippen molar-refractivity contribution in [1.29, 1.82) is 0 Å². The lowest BCUT2D eigenvalue weighted by atomic mass is 9.85. The molecule has 0 aliphatic rings. The van der Waals surface area contributed by atoms with Gasteiger partial charge in [0.15, 0.2) is 5.60 Å². The van der Waals surface area contributed by atoms with Crippen LogP contribution in [-0.4, -0.2) is 30.0 Å². The molecule has 0 heterocycles. The molecular formula is C16H17NO2. The Morgan fingerprint density at radius 1 is 0.895 bits per heavy atom. The van der Waals surface area contributed by atoms with Gasteiger partial charge in [0, 0.05) is 14.1 Å². The summed E-state index contributed by atoms with van der Waals surface area (Å²) in [5.74, 6) is -0.357. The van der Waals surface area contributed by atoms with E-state index < -0.39 is 5.60 Å². The zero-order valence-corrected chi connectivity index (χ0v) is 11.1. The monoisotopic (exact) mass is 255 g/mol. The fourth-order valence-corrected chi connectivity index (χ4v) is 2.10. The van der Waals surface area contributed by atoms with Crippen molar-refractivity contribution >= 4 is 5.91 Å². The van der Waals surface area contributed by atoms with Gasteiger partial charge < -0.3 is 10.0 Å². The van der Waals surface area contributed by atoms with Crippen molar-refractivity contribution in [3.63, 3.8) is 0 Å². The van der Waals surface area contributed by atoms with E-state index in [1.54, 1.807) is 38.4 Å². The number of carbonyl (C=O) groups is 1. The Bertz CT molecular complexity index is 510. The van der Waals surface area contributed by atoms with E-state index in [4.69, 9.17) is 0 Å². The smallest absolute Gasteiger partial charge is 0.263 e. The number of amides is 1. The molecule has 0 fully saturated rings. The number of carbonyl (C=O) groups excluding carboxylic acids is 1. The number of hydrogen-bond donors (Lipinski definition) is 1. The first-order valence-corrected chi connectivity index (χ1v) is 6.12. The van der Waals surface area contributed by atoms with Crippen molar-refractivity contribution in [2.45, 2.75) is 5.60 Å². The SMILES string of the molecule is CN(C)C(=O)C(O)(c1ccccc1)c1ccccc1. The van der Waals surface area contributed by atoms with E-state index in [2.05, 4.69) is 0 Å². The van der Waals surface area contributed by atoms with Gasteiger partial charge in [-0.05, 0) is 11.1 Å². The summed E-state index contributed by atoms with van der Waals surface area (Å²) in [6, 6.07) is 18.0. The molecule has 2 aromatic rings. The van der Waals surface area contributed by atoms with Crippen LogP contribution in [-0.2, 0) is 10.4 Å². The summed E-state index contributed by atoms with van der Waals surface area (Å²) in [4.78, 5) is 13.8. The number of aliphatic hydroxyl groups is 1. The molecule has 2 rings (SSSR count). The van der Waals surface area contributed by atoms with Crippen molar-refractivity contribution in [1.82, 2.24) is 4.90 Å². The molecule has 0 saturated carbocycles. The van der Waals surface area contributed by atoms with Crippen LogP contribution in [0.1, 0.15) is 11.1 Å². The Hall–Kier alpha value is -2.13. The maximum Gasteiger partial charge on any atom is 0.263 e. The zero-order valence-electron chi connectivity index (χ0n) is 11.1. The van der Waals surface area contributed by atoms with Gasteiger partial charge in [-0.3, -0.25) is 4.79 Å². The van der Waals surface area contributed by atoms with E-state index in [0.717, 1.165) is 0 Å². The highest BCUT2D eigenvalue weighted by molar-refractivity contribution is 5.89. The predicted octanol–water partition coefficient (Wildman–Crippen LogP) is 2.01. The lowest BCUT2D eigenvalue weighted by Gasteiger charge is -2.30. The molecule has 98 valence electrons. The normalized spacial score (nSPS) is 11.1. The van der Waals surface area contributed by atoms with Gasteiger partial charge in [0.1, 0.15) is 0 Å². The summed E-state index contributed by atoms with van der Waals surface area (Å²) in [6.45, 7) is 0. The van der Waals surface area contributed by atoms with Crippen LogP contribution in [0.25, 0.3) is 0 Å². The van der Waals surface area contributed by atoms with Crippen molar-refractivity contribution < 1.29 is 9.90 Å². The minimum atomic E-state index is -1.65. The van der Waals surface area contributed by atoms with Gasteiger partial charge in [0.05, 0.1) is 0 Å². The Kier molecular flexibility index (Phi) is 3.67. The molecular weight excluding hydrogens is 238 g/mol. The molecule has 2 aromatic carbocycles. The van der Waals surface area contributed by atoms with Crippen LogP contribution in [0.4, 0.5) is 0 Å². The minimum Gasteiger partial charge on any atom is -0.372 e. The molecule has 0 aliphatic carbocycles. The third-order valence-electron chi connectivity index (χ3n) is 3.10. The highest BCUT2D eigenvalue weighted by Crippen LogP contribution is 2.31. The van der Waals surface area contributed by atoms with Gasteiger partial charge in [0.25, 0.3) is 5.91 Å². The quantitative estimate of drug-likeness (QED) is 0.911. The molecule has 0 atom stereocenters. The summed E-state index contributed by atoms with van der Waals surface area (Å²) >= 11 is 0. The minimum absolute atomic E-state index is 0.357. The molecule has 3 nitrogen and oxygen atoms in total. The molecule has 3 heteroatoms.